The van der Waals surface area contributed by atoms with Gasteiger partial charge in [-0.1, -0.05) is 12.5 Å². The Morgan fingerprint density at radius 2 is 2.08 bits per heavy atom. The van der Waals surface area contributed by atoms with Crippen LogP contribution in [-0.2, 0) is 14.8 Å². The van der Waals surface area contributed by atoms with Crippen LogP contribution in [0.2, 0.25) is 0 Å². The van der Waals surface area contributed by atoms with E-state index in [4.69, 9.17) is 10.5 Å². The summed E-state index contributed by atoms with van der Waals surface area (Å²) in [7, 11) is -2.25. The van der Waals surface area contributed by atoms with E-state index >= 15 is 0 Å². The Morgan fingerprint density at radius 1 is 1.35 bits per heavy atom. The normalized spacial score (nSPS) is 18.5. The molecule has 0 spiro atoms. The lowest BCUT2D eigenvalue weighted by molar-refractivity contribution is -0.121. The van der Waals surface area contributed by atoms with Gasteiger partial charge in [-0.2, -0.15) is 4.31 Å². The molecule has 1 unspecified atom stereocenters. The molecule has 0 aromatic heterocycles. The van der Waals surface area contributed by atoms with Crippen LogP contribution in [0.25, 0.3) is 0 Å². The van der Waals surface area contributed by atoms with Gasteiger partial charge >= 0.3 is 0 Å². The second-order valence-corrected chi connectivity index (χ2v) is 8.55. The molecule has 2 rings (SSSR count). The summed E-state index contributed by atoms with van der Waals surface area (Å²) >= 11 is 0. The first-order valence-corrected chi connectivity index (χ1v) is 10.4. The smallest absolute Gasteiger partial charge is 0.247 e. The van der Waals surface area contributed by atoms with Crippen molar-refractivity contribution in [3.8, 4) is 5.75 Å². The molecule has 1 aliphatic rings. The van der Waals surface area contributed by atoms with Crippen molar-refractivity contribution in [2.45, 2.75) is 50.5 Å². The number of sulfonamides is 1. The molecule has 146 valence electrons. The van der Waals surface area contributed by atoms with Crippen LogP contribution >= 0.6 is 0 Å². The van der Waals surface area contributed by atoms with Crippen LogP contribution in [0, 0.1) is 13.8 Å². The van der Waals surface area contributed by atoms with E-state index in [1.807, 2.05) is 13.0 Å². The van der Waals surface area contributed by atoms with Crippen LogP contribution in [0.4, 0.5) is 0 Å². The second kappa shape index (κ2) is 8.83. The van der Waals surface area contributed by atoms with Gasteiger partial charge in [0, 0.05) is 32.1 Å². The summed E-state index contributed by atoms with van der Waals surface area (Å²) < 4.78 is 33.7. The summed E-state index contributed by atoms with van der Waals surface area (Å²) in [6.45, 7) is 4.70. The number of benzene rings is 1. The van der Waals surface area contributed by atoms with Gasteiger partial charge in [0.15, 0.2) is 0 Å². The molecule has 0 aliphatic carbocycles. The van der Waals surface area contributed by atoms with Crippen molar-refractivity contribution in [1.82, 2.24) is 9.62 Å². The molecule has 1 aliphatic heterocycles. The first-order valence-electron chi connectivity index (χ1n) is 8.95. The number of hydrogen-bond donors (Lipinski definition) is 2. The van der Waals surface area contributed by atoms with Crippen molar-refractivity contribution in [3.63, 3.8) is 0 Å². The molecule has 1 saturated heterocycles. The number of ether oxygens (including phenoxy) is 1. The SMILES string of the molecule is COc1cc(C)cc(C)c1S(=O)(=O)N1CCCCC1CNC(=O)CCN. The van der Waals surface area contributed by atoms with Crippen LogP contribution in [-0.4, -0.2) is 51.4 Å². The number of aryl methyl sites for hydroxylation is 2. The van der Waals surface area contributed by atoms with E-state index in [1.54, 1.807) is 13.0 Å². The lowest BCUT2D eigenvalue weighted by atomic mass is 10.1. The third kappa shape index (κ3) is 4.55. The Balaban J connectivity index is 2.32. The molecular weight excluding hydrogens is 354 g/mol. The third-order valence-corrected chi connectivity index (χ3v) is 6.79. The van der Waals surface area contributed by atoms with E-state index < -0.39 is 10.0 Å². The number of rotatable bonds is 7. The minimum Gasteiger partial charge on any atom is -0.495 e. The molecule has 26 heavy (non-hydrogen) atoms. The zero-order valence-electron chi connectivity index (χ0n) is 15.7. The van der Waals surface area contributed by atoms with Crippen LogP contribution in [0.3, 0.4) is 0 Å². The molecule has 1 aromatic carbocycles. The number of nitrogens with two attached hydrogens (primary N) is 1. The van der Waals surface area contributed by atoms with Gasteiger partial charge in [0.25, 0.3) is 0 Å². The van der Waals surface area contributed by atoms with Crippen molar-refractivity contribution in [2.75, 3.05) is 26.7 Å². The molecule has 0 saturated carbocycles. The summed E-state index contributed by atoms with van der Waals surface area (Å²) in [6.07, 6.45) is 2.70. The molecule has 1 heterocycles. The van der Waals surface area contributed by atoms with Crippen molar-refractivity contribution < 1.29 is 17.9 Å². The number of piperidine rings is 1. The quantitative estimate of drug-likeness (QED) is 0.739. The standard InChI is InChI=1S/C18H29N3O4S/c1-13-10-14(2)18(16(11-13)25-3)26(23,24)21-9-5-4-6-15(21)12-20-17(22)7-8-19/h10-11,15H,4-9,12,19H2,1-3H3,(H,20,22). The minimum absolute atomic E-state index is 0.153. The van der Waals surface area contributed by atoms with E-state index in [-0.39, 0.29) is 29.8 Å². The number of hydrogen-bond acceptors (Lipinski definition) is 5. The predicted molar refractivity (Wildman–Crippen MR) is 101 cm³/mol. The van der Waals surface area contributed by atoms with Gasteiger partial charge in [0.2, 0.25) is 15.9 Å². The highest BCUT2D eigenvalue weighted by Crippen LogP contribution is 2.34. The van der Waals surface area contributed by atoms with E-state index in [0.717, 1.165) is 24.8 Å². The van der Waals surface area contributed by atoms with Gasteiger partial charge in [0.05, 0.1) is 7.11 Å². The molecule has 1 amide bonds. The van der Waals surface area contributed by atoms with Gasteiger partial charge in [-0.25, -0.2) is 8.42 Å². The van der Waals surface area contributed by atoms with E-state index in [0.29, 0.717) is 24.4 Å². The number of amides is 1. The van der Waals surface area contributed by atoms with E-state index in [9.17, 15) is 13.2 Å². The van der Waals surface area contributed by atoms with Crippen molar-refractivity contribution in [2.24, 2.45) is 5.73 Å². The van der Waals surface area contributed by atoms with Crippen molar-refractivity contribution in [3.05, 3.63) is 23.3 Å². The average molecular weight is 384 g/mol. The molecule has 1 atom stereocenters. The minimum atomic E-state index is -3.73. The largest absolute Gasteiger partial charge is 0.495 e. The summed E-state index contributed by atoms with van der Waals surface area (Å²) in [4.78, 5) is 11.9. The fourth-order valence-corrected chi connectivity index (χ4v) is 5.50. The van der Waals surface area contributed by atoms with Crippen molar-refractivity contribution in [1.29, 1.82) is 0 Å². The molecule has 0 radical (unpaired) electrons. The average Bonchev–Trinajstić information content (AvgIpc) is 2.59. The number of carbonyl (C=O) groups is 1. The molecular formula is C18H29N3O4S. The monoisotopic (exact) mass is 383 g/mol. The fourth-order valence-electron chi connectivity index (χ4n) is 3.46. The fraction of sp³-hybridized carbons (Fsp3) is 0.611. The van der Waals surface area contributed by atoms with Crippen LogP contribution in [0.5, 0.6) is 5.75 Å². The highest BCUT2D eigenvalue weighted by atomic mass is 32.2. The Bertz CT molecular complexity index is 749. The molecule has 0 bridgehead atoms. The van der Waals surface area contributed by atoms with Crippen LogP contribution in [0.1, 0.15) is 36.8 Å². The molecule has 1 fully saturated rings. The second-order valence-electron chi connectivity index (χ2n) is 6.72. The van der Waals surface area contributed by atoms with Gasteiger partial charge in [-0.15, -0.1) is 0 Å². The van der Waals surface area contributed by atoms with Crippen LogP contribution in [0.15, 0.2) is 17.0 Å². The van der Waals surface area contributed by atoms with E-state index in [2.05, 4.69) is 5.32 Å². The summed E-state index contributed by atoms with van der Waals surface area (Å²) in [5.41, 5.74) is 7.00. The summed E-state index contributed by atoms with van der Waals surface area (Å²) in [5, 5.41) is 2.80. The topological polar surface area (TPSA) is 102 Å². The maximum Gasteiger partial charge on any atom is 0.247 e. The maximum atomic E-state index is 13.4. The first kappa shape index (κ1) is 20.7. The Hall–Kier alpha value is -1.64. The Morgan fingerprint density at radius 3 is 2.73 bits per heavy atom. The number of carbonyl (C=O) groups excluding carboxylic acids is 1. The highest BCUT2D eigenvalue weighted by Gasteiger charge is 2.36. The molecule has 8 heteroatoms. The summed E-state index contributed by atoms with van der Waals surface area (Å²) in [5.74, 6) is 0.207. The van der Waals surface area contributed by atoms with Gasteiger partial charge in [0.1, 0.15) is 10.6 Å². The number of nitrogens with one attached hydrogen (secondary N) is 1. The lowest BCUT2D eigenvalue weighted by Crippen LogP contribution is -2.49. The Kier molecular flexibility index (Phi) is 7.02. The third-order valence-electron chi connectivity index (χ3n) is 4.65. The van der Waals surface area contributed by atoms with Gasteiger partial charge < -0.3 is 15.8 Å². The first-order chi connectivity index (χ1) is 12.3. The van der Waals surface area contributed by atoms with Crippen molar-refractivity contribution >= 4 is 15.9 Å². The predicted octanol–water partition coefficient (Wildman–Crippen LogP) is 1.32. The lowest BCUT2D eigenvalue weighted by Gasteiger charge is -2.35. The van der Waals surface area contributed by atoms with E-state index in [1.165, 1.54) is 11.4 Å². The summed E-state index contributed by atoms with van der Waals surface area (Å²) in [6, 6.07) is 3.32. The number of methoxy groups -OCH3 is 1. The Labute approximate surface area is 155 Å². The van der Waals surface area contributed by atoms with Gasteiger partial charge in [-0.05, 0) is 43.9 Å². The maximum absolute atomic E-state index is 13.4. The number of nitrogens with zero attached hydrogens (tertiary/aromatic N) is 1. The zero-order chi connectivity index (χ0) is 19.3. The molecule has 1 aromatic rings. The molecule has 3 N–H and O–H groups in total. The van der Waals surface area contributed by atoms with Crippen LogP contribution < -0.4 is 15.8 Å². The van der Waals surface area contributed by atoms with Gasteiger partial charge in [-0.3, -0.25) is 4.79 Å². The zero-order valence-corrected chi connectivity index (χ0v) is 16.6. The molecule has 7 nitrogen and oxygen atoms in total. The highest BCUT2D eigenvalue weighted by molar-refractivity contribution is 7.89.